The van der Waals surface area contributed by atoms with E-state index in [4.69, 9.17) is 0 Å². The number of hydrogen-bond donors (Lipinski definition) is 1. The average Bonchev–Trinajstić information content (AvgIpc) is 2.71. The predicted molar refractivity (Wildman–Crippen MR) is 70.5 cm³/mol. The Morgan fingerprint density at radius 1 is 1.32 bits per heavy atom. The van der Waals surface area contributed by atoms with Crippen molar-refractivity contribution in [2.75, 3.05) is 31.9 Å². The van der Waals surface area contributed by atoms with Gasteiger partial charge < -0.3 is 10.2 Å². The van der Waals surface area contributed by atoms with Crippen molar-refractivity contribution in [3.05, 3.63) is 0 Å². The molecule has 19 heavy (non-hydrogen) atoms. The normalized spacial score (nSPS) is 14.7. The van der Waals surface area contributed by atoms with E-state index in [0.29, 0.717) is 13.1 Å². The van der Waals surface area contributed by atoms with Gasteiger partial charge in [-0.2, -0.15) is 0 Å². The molecule has 4 amide bonds. The molecule has 0 atom stereocenters. The third kappa shape index (κ3) is 3.95. The fourth-order valence-corrected chi connectivity index (χ4v) is 2.36. The molecule has 0 spiro atoms. The van der Waals surface area contributed by atoms with Crippen molar-refractivity contribution in [2.24, 2.45) is 0 Å². The molecule has 0 unspecified atom stereocenters. The van der Waals surface area contributed by atoms with Crippen LogP contribution in [-0.4, -0.2) is 64.7 Å². The summed E-state index contributed by atoms with van der Waals surface area (Å²) in [5.74, 6) is -1.43. The largest absolute Gasteiger partial charge is 0.346 e. The first-order valence-electron chi connectivity index (χ1n) is 6.05. The van der Waals surface area contributed by atoms with Crippen LogP contribution in [0.3, 0.4) is 0 Å². The van der Waals surface area contributed by atoms with Crippen molar-refractivity contribution in [3.63, 3.8) is 0 Å². The molecule has 0 aliphatic carbocycles. The molecule has 0 saturated carbocycles. The van der Waals surface area contributed by atoms with Crippen LogP contribution >= 0.6 is 11.8 Å². The fraction of sp³-hybridized carbons (Fsp3) is 0.636. The Morgan fingerprint density at radius 2 is 1.95 bits per heavy atom. The van der Waals surface area contributed by atoms with Crippen LogP contribution < -0.4 is 5.32 Å². The van der Waals surface area contributed by atoms with Gasteiger partial charge in [0.05, 0.1) is 5.75 Å². The minimum atomic E-state index is -0.713. The Labute approximate surface area is 115 Å². The minimum absolute atomic E-state index is 0.0872. The smallest absolute Gasteiger partial charge is 0.311 e. The number of hydrogen-bond acceptors (Lipinski definition) is 5. The predicted octanol–water partition coefficient (Wildman–Crippen LogP) is -0.334. The van der Waals surface area contributed by atoms with E-state index in [1.807, 2.05) is 0 Å². The molecule has 1 aliphatic heterocycles. The summed E-state index contributed by atoms with van der Waals surface area (Å²) < 4.78 is 0. The summed E-state index contributed by atoms with van der Waals surface area (Å²) in [4.78, 5) is 48.2. The van der Waals surface area contributed by atoms with Crippen LogP contribution in [0.2, 0.25) is 0 Å². The third-order valence-electron chi connectivity index (χ3n) is 2.71. The highest BCUT2D eigenvalue weighted by molar-refractivity contribution is 8.14. The van der Waals surface area contributed by atoms with Crippen molar-refractivity contribution in [1.29, 1.82) is 0 Å². The quantitative estimate of drug-likeness (QED) is 0.699. The standard InChI is InChI=1S/C11H17N3O4S/c1-3-13(4-2)10(17)9(16)12-5-6-14-8(15)7-19-11(14)18/h3-7H2,1-2H3,(H,12,16). The van der Waals surface area contributed by atoms with Gasteiger partial charge >= 0.3 is 11.8 Å². The maximum Gasteiger partial charge on any atom is 0.311 e. The minimum Gasteiger partial charge on any atom is -0.346 e. The second-order valence-electron chi connectivity index (χ2n) is 3.83. The van der Waals surface area contributed by atoms with Gasteiger partial charge in [-0.1, -0.05) is 11.8 Å². The van der Waals surface area contributed by atoms with E-state index >= 15 is 0 Å². The number of imide groups is 1. The number of carbonyl (C=O) groups excluding carboxylic acids is 4. The topological polar surface area (TPSA) is 86.8 Å². The highest BCUT2D eigenvalue weighted by atomic mass is 32.2. The van der Waals surface area contributed by atoms with Crippen LogP contribution in [0.1, 0.15) is 13.8 Å². The summed E-state index contributed by atoms with van der Waals surface area (Å²) >= 11 is 0.940. The highest BCUT2D eigenvalue weighted by Crippen LogP contribution is 2.17. The van der Waals surface area contributed by atoms with E-state index < -0.39 is 11.8 Å². The highest BCUT2D eigenvalue weighted by Gasteiger charge is 2.29. The Kier molecular flexibility index (Phi) is 5.81. The lowest BCUT2D eigenvalue weighted by Crippen LogP contribution is -2.45. The molecule has 0 aromatic heterocycles. The van der Waals surface area contributed by atoms with Crippen molar-refractivity contribution in [2.45, 2.75) is 13.8 Å². The molecule has 1 N–H and O–H groups in total. The molecule has 106 valence electrons. The second kappa shape index (κ2) is 7.13. The van der Waals surface area contributed by atoms with Gasteiger partial charge in [-0.15, -0.1) is 0 Å². The number of likely N-dealkylation sites (N-methyl/N-ethyl adjacent to an activating group) is 1. The summed E-state index contributed by atoms with van der Waals surface area (Å²) in [5, 5.41) is 2.10. The summed E-state index contributed by atoms with van der Waals surface area (Å²) in [5.41, 5.74) is 0. The number of rotatable bonds is 5. The first-order valence-corrected chi connectivity index (χ1v) is 7.04. The van der Waals surface area contributed by atoms with Crippen molar-refractivity contribution in [1.82, 2.24) is 15.1 Å². The number of carbonyl (C=O) groups is 4. The molecule has 0 radical (unpaired) electrons. The van der Waals surface area contributed by atoms with Gasteiger partial charge in [0.2, 0.25) is 5.91 Å². The van der Waals surface area contributed by atoms with Gasteiger partial charge in [0.25, 0.3) is 5.24 Å². The summed E-state index contributed by atoms with van der Waals surface area (Å²) in [6, 6.07) is 0. The zero-order chi connectivity index (χ0) is 14.4. The van der Waals surface area contributed by atoms with E-state index in [0.717, 1.165) is 16.7 Å². The second-order valence-corrected chi connectivity index (χ2v) is 4.76. The summed E-state index contributed by atoms with van der Waals surface area (Å²) in [6.45, 7) is 4.68. The van der Waals surface area contributed by atoms with E-state index in [-0.39, 0.29) is 30.0 Å². The van der Waals surface area contributed by atoms with Crippen LogP contribution in [-0.2, 0) is 14.4 Å². The molecule has 1 saturated heterocycles. The van der Waals surface area contributed by atoms with Gasteiger partial charge in [-0.3, -0.25) is 24.1 Å². The molecule has 0 bridgehead atoms. The van der Waals surface area contributed by atoms with E-state index in [1.165, 1.54) is 4.90 Å². The maximum atomic E-state index is 11.6. The Morgan fingerprint density at radius 3 is 2.42 bits per heavy atom. The number of amides is 4. The number of nitrogens with one attached hydrogen (secondary N) is 1. The number of thioether (sulfide) groups is 1. The lowest BCUT2D eigenvalue weighted by atomic mass is 10.4. The average molecular weight is 287 g/mol. The van der Waals surface area contributed by atoms with Crippen molar-refractivity contribution < 1.29 is 19.2 Å². The molecule has 7 nitrogen and oxygen atoms in total. The first kappa shape index (κ1) is 15.5. The number of nitrogens with zero attached hydrogens (tertiary/aromatic N) is 2. The summed E-state index contributed by atoms with van der Waals surface area (Å²) in [6.07, 6.45) is 0. The molecular formula is C11H17N3O4S. The fourth-order valence-electron chi connectivity index (χ4n) is 1.61. The SMILES string of the molecule is CCN(CC)C(=O)C(=O)NCCN1C(=O)CSC1=O. The Bertz CT molecular complexity index is 379. The van der Waals surface area contributed by atoms with E-state index in [2.05, 4.69) is 5.32 Å². The zero-order valence-corrected chi connectivity index (χ0v) is 11.8. The Hall–Kier alpha value is -1.57. The van der Waals surface area contributed by atoms with Crippen LogP contribution in [0.25, 0.3) is 0 Å². The molecular weight excluding hydrogens is 270 g/mol. The van der Waals surface area contributed by atoms with Gasteiger partial charge in [0.1, 0.15) is 0 Å². The van der Waals surface area contributed by atoms with Gasteiger partial charge in [-0.25, -0.2) is 0 Å². The molecule has 0 aromatic carbocycles. The molecule has 0 aromatic rings. The van der Waals surface area contributed by atoms with Crippen LogP contribution in [0, 0.1) is 0 Å². The molecule has 1 aliphatic rings. The van der Waals surface area contributed by atoms with Gasteiger partial charge in [0.15, 0.2) is 0 Å². The lowest BCUT2D eigenvalue weighted by molar-refractivity contribution is -0.145. The molecule has 8 heteroatoms. The monoisotopic (exact) mass is 287 g/mol. The maximum absolute atomic E-state index is 11.6. The first-order chi connectivity index (χ1) is 9.01. The van der Waals surface area contributed by atoms with Crippen LogP contribution in [0.4, 0.5) is 4.79 Å². The summed E-state index contributed by atoms with van der Waals surface area (Å²) in [7, 11) is 0. The van der Waals surface area contributed by atoms with E-state index in [1.54, 1.807) is 13.8 Å². The van der Waals surface area contributed by atoms with Gasteiger partial charge in [0, 0.05) is 26.2 Å². The van der Waals surface area contributed by atoms with Crippen LogP contribution in [0.15, 0.2) is 0 Å². The van der Waals surface area contributed by atoms with E-state index in [9.17, 15) is 19.2 Å². The molecule has 1 rings (SSSR count). The molecule has 1 heterocycles. The van der Waals surface area contributed by atoms with Crippen LogP contribution in [0.5, 0.6) is 0 Å². The Balaban J connectivity index is 2.36. The van der Waals surface area contributed by atoms with Gasteiger partial charge in [-0.05, 0) is 13.8 Å². The third-order valence-corrected chi connectivity index (χ3v) is 3.57. The lowest BCUT2D eigenvalue weighted by Gasteiger charge is -2.18. The molecule has 1 fully saturated rings. The van der Waals surface area contributed by atoms with Crippen molar-refractivity contribution >= 4 is 34.7 Å². The zero-order valence-electron chi connectivity index (χ0n) is 11.0. The van der Waals surface area contributed by atoms with Crippen molar-refractivity contribution in [3.8, 4) is 0 Å².